The van der Waals surface area contributed by atoms with Crippen molar-refractivity contribution in [3.8, 4) is 11.5 Å². The third kappa shape index (κ3) is 5.70. The van der Waals surface area contributed by atoms with Crippen molar-refractivity contribution in [2.45, 2.75) is 64.7 Å². The fraction of sp³-hybridized carbons (Fsp3) is 0.483. The van der Waals surface area contributed by atoms with Crippen LogP contribution in [0.2, 0.25) is 0 Å². The number of aryl methyl sites for hydroxylation is 1. The van der Waals surface area contributed by atoms with Crippen LogP contribution in [0.15, 0.2) is 24.3 Å². The summed E-state index contributed by atoms with van der Waals surface area (Å²) in [5, 5.41) is 12.8. The van der Waals surface area contributed by atoms with Crippen molar-refractivity contribution in [1.29, 1.82) is 0 Å². The van der Waals surface area contributed by atoms with Crippen LogP contribution < -0.4 is 14.8 Å². The van der Waals surface area contributed by atoms with E-state index in [0.717, 1.165) is 11.6 Å². The number of amides is 1. The zero-order valence-electron chi connectivity index (χ0n) is 23.6. The molecule has 41 heavy (non-hydrogen) atoms. The molecule has 2 aromatic carbocycles. The molecule has 1 fully saturated rings. The van der Waals surface area contributed by atoms with Gasteiger partial charge in [-0.2, -0.15) is 8.78 Å². The quantitative estimate of drug-likeness (QED) is 0.393. The number of aromatic nitrogens is 2. The molecule has 2 aliphatic rings. The number of carbonyl (C=O) groups is 1. The van der Waals surface area contributed by atoms with Gasteiger partial charge in [0.05, 0.1) is 36.8 Å². The van der Waals surface area contributed by atoms with E-state index in [1.165, 1.54) is 12.1 Å². The Bertz CT molecular complexity index is 1490. The molecule has 0 spiro atoms. The summed E-state index contributed by atoms with van der Waals surface area (Å²) in [6.07, 6.45) is -0.0921. The smallest absolute Gasteiger partial charge is 0.410 e. The Morgan fingerprint density at radius 2 is 2.00 bits per heavy atom. The number of nitrogens with one attached hydrogen (secondary N) is 1. The van der Waals surface area contributed by atoms with Gasteiger partial charge in [0, 0.05) is 22.9 Å². The Morgan fingerprint density at radius 1 is 1.27 bits per heavy atom. The van der Waals surface area contributed by atoms with E-state index in [4.69, 9.17) is 19.3 Å². The highest BCUT2D eigenvalue weighted by atomic mass is 19.3. The number of benzene rings is 2. The maximum atomic E-state index is 15.2. The zero-order chi connectivity index (χ0) is 29.7. The van der Waals surface area contributed by atoms with Crippen LogP contribution in [0, 0.1) is 12.7 Å². The number of alkyl halides is 2. The summed E-state index contributed by atoms with van der Waals surface area (Å²) in [6, 6.07) is 4.69. The minimum absolute atomic E-state index is 0.00212. The van der Waals surface area contributed by atoms with Gasteiger partial charge in [0.1, 0.15) is 35.8 Å². The maximum Gasteiger partial charge on any atom is 0.410 e. The molecule has 0 bridgehead atoms. The van der Waals surface area contributed by atoms with Gasteiger partial charge >= 0.3 is 6.09 Å². The van der Waals surface area contributed by atoms with E-state index in [-0.39, 0.29) is 11.7 Å². The molecule has 1 atom stereocenters. The number of aliphatic hydroxyl groups is 1. The van der Waals surface area contributed by atoms with Gasteiger partial charge in [-0.1, -0.05) is 12.1 Å². The average Bonchev–Trinajstić information content (AvgIpc) is 3.35. The lowest BCUT2D eigenvalue weighted by atomic mass is 10.00. The Kier molecular flexibility index (Phi) is 7.39. The van der Waals surface area contributed by atoms with E-state index < -0.39 is 41.6 Å². The number of halogens is 3. The highest BCUT2D eigenvalue weighted by molar-refractivity contribution is 5.95. The van der Waals surface area contributed by atoms with Crippen LogP contribution in [0.25, 0.3) is 10.9 Å². The van der Waals surface area contributed by atoms with Crippen molar-refractivity contribution >= 4 is 22.8 Å². The minimum atomic E-state index is -3.72. The van der Waals surface area contributed by atoms with Gasteiger partial charge in [-0.15, -0.1) is 0 Å². The number of fused-ring (bicyclic) bond motifs is 3. The van der Waals surface area contributed by atoms with Crippen molar-refractivity contribution in [3.63, 3.8) is 0 Å². The summed E-state index contributed by atoms with van der Waals surface area (Å²) >= 11 is 0. The first-order valence-electron chi connectivity index (χ1n) is 13.4. The number of likely N-dealkylation sites (tertiary alicyclic amines) is 1. The second-order valence-electron chi connectivity index (χ2n) is 11.4. The average molecular weight is 575 g/mol. The van der Waals surface area contributed by atoms with Crippen LogP contribution in [0.1, 0.15) is 56.3 Å². The summed E-state index contributed by atoms with van der Waals surface area (Å²) in [4.78, 5) is 23.1. The standard InChI is InChI=1S/C29H33F3N4O5/c1-15(18-7-6-8-21(23(18)30)29(31,32)14-37)33-26-20-11-22(25-19(9-10-39-25)24(20)34-16(2)35-26)40-17-12-36(13-17)27(38)41-28(3,4)5/h6-8,11,15,17,37H,9-10,12-14H2,1-5H3,(H,33,34,35)/t15-/m1/s1. The molecule has 0 aliphatic carbocycles. The van der Waals surface area contributed by atoms with Crippen molar-refractivity contribution in [2.75, 3.05) is 31.6 Å². The molecule has 220 valence electrons. The third-order valence-electron chi connectivity index (χ3n) is 6.95. The van der Waals surface area contributed by atoms with E-state index in [1.54, 1.807) is 45.6 Å². The predicted octanol–water partition coefficient (Wildman–Crippen LogP) is 5.27. The number of aliphatic hydroxyl groups excluding tert-OH is 1. The molecule has 0 unspecified atom stereocenters. The number of rotatable bonds is 7. The van der Waals surface area contributed by atoms with E-state index in [0.29, 0.717) is 60.2 Å². The lowest BCUT2D eigenvalue weighted by Crippen LogP contribution is -2.57. The van der Waals surface area contributed by atoms with E-state index >= 15 is 4.39 Å². The van der Waals surface area contributed by atoms with E-state index in [2.05, 4.69) is 15.3 Å². The van der Waals surface area contributed by atoms with E-state index in [1.807, 2.05) is 0 Å². The van der Waals surface area contributed by atoms with Gasteiger partial charge in [-0.25, -0.2) is 19.2 Å². The first kappa shape index (κ1) is 28.7. The summed E-state index contributed by atoms with van der Waals surface area (Å²) in [6.45, 7) is 8.42. The number of hydrogen-bond acceptors (Lipinski definition) is 8. The van der Waals surface area contributed by atoms with Gasteiger partial charge in [-0.05, 0) is 46.8 Å². The molecule has 0 radical (unpaired) electrons. The normalized spacial score (nSPS) is 16.2. The Labute approximate surface area is 235 Å². The Balaban J connectivity index is 1.44. The summed E-state index contributed by atoms with van der Waals surface area (Å²) < 4.78 is 61.0. The van der Waals surface area contributed by atoms with Gasteiger partial charge in [-0.3, -0.25) is 0 Å². The van der Waals surface area contributed by atoms with Crippen molar-refractivity contribution in [2.24, 2.45) is 0 Å². The number of hydrogen-bond donors (Lipinski definition) is 2. The maximum absolute atomic E-state index is 15.2. The summed E-state index contributed by atoms with van der Waals surface area (Å²) in [5.41, 5.74) is 0.0209. The Hall–Kier alpha value is -3.80. The monoisotopic (exact) mass is 574 g/mol. The number of ether oxygens (including phenoxy) is 3. The van der Waals surface area contributed by atoms with Crippen LogP contribution in [0.3, 0.4) is 0 Å². The van der Waals surface area contributed by atoms with Crippen LogP contribution in [-0.4, -0.2) is 64.1 Å². The van der Waals surface area contributed by atoms with E-state index in [9.17, 15) is 13.6 Å². The first-order chi connectivity index (χ1) is 19.3. The molecule has 2 N–H and O–H groups in total. The molecule has 12 heteroatoms. The Morgan fingerprint density at radius 3 is 2.68 bits per heavy atom. The lowest BCUT2D eigenvalue weighted by molar-refractivity contribution is -0.0584. The SMILES string of the molecule is Cc1nc(N[C@H](C)c2cccc(C(F)(F)CO)c2F)c2cc(OC3CN(C(=O)OC(C)(C)C)C3)c3c(c2n1)CCO3. The van der Waals surface area contributed by atoms with Gasteiger partial charge in [0.25, 0.3) is 5.92 Å². The van der Waals surface area contributed by atoms with Crippen molar-refractivity contribution in [1.82, 2.24) is 14.9 Å². The summed E-state index contributed by atoms with van der Waals surface area (Å²) in [5.74, 6) is -2.93. The van der Waals surface area contributed by atoms with Gasteiger partial charge in [0.15, 0.2) is 11.5 Å². The molecular formula is C29H33F3N4O5. The van der Waals surface area contributed by atoms with Gasteiger partial charge in [0.2, 0.25) is 0 Å². The van der Waals surface area contributed by atoms with Crippen molar-refractivity contribution < 1.29 is 37.3 Å². The van der Waals surface area contributed by atoms with Gasteiger partial charge < -0.3 is 29.5 Å². The molecule has 1 saturated heterocycles. The molecule has 1 aromatic heterocycles. The predicted molar refractivity (Wildman–Crippen MR) is 145 cm³/mol. The number of anilines is 1. The largest absolute Gasteiger partial charge is 0.489 e. The molecule has 5 rings (SSSR count). The second-order valence-corrected chi connectivity index (χ2v) is 11.4. The molecule has 3 aromatic rings. The third-order valence-corrected chi connectivity index (χ3v) is 6.95. The zero-order valence-corrected chi connectivity index (χ0v) is 23.6. The topological polar surface area (TPSA) is 106 Å². The molecule has 9 nitrogen and oxygen atoms in total. The second kappa shape index (κ2) is 10.6. The first-order valence-corrected chi connectivity index (χ1v) is 13.4. The van der Waals surface area contributed by atoms with Crippen LogP contribution in [0.4, 0.5) is 23.8 Å². The highest BCUT2D eigenvalue weighted by Crippen LogP contribution is 2.44. The van der Waals surface area contributed by atoms with Crippen LogP contribution in [0.5, 0.6) is 11.5 Å². The summed E-state index contributed by atoms with van der Waals surface area (Å²) in [7, 11) is 0. The van der Waals surface area contributed by atoms with Crippen molar-refractivity contribution in [3.05, 3.63) is 52.6 Å². The molecule has 3 heterocycles. The van der Waals surface area contributed by atoms with Crippen LogP contribution >= 0.6 is 0 Å². The molecule has 2 aliphatic heterocycles. The number of carbonyl (C=O) groups excluding carboxylic acids is 1. The molecular weight excluding hydrogens is 541 g/mol. The van der Waals surface area contributed by atoms with Crippen LogP contribution in [-0.2, 0) is 17.1 Å². The highest BCUT2D eigenvalue weighted by Gasteiger charge is 2.37. The fourth-order valence-electron chi connectivity index (χ4n) is 4.95. The lowest BCUT2D eigenvalue weighted by Gasteiger charge is -2.39. The molecule has 0 saturated carbocycles. The number of nitrogens with zero attached hydrogens (tertiary/aromatic N) is 3. The molecule has 1 amide bonds. The minimum Gasteiger partial charge on any atom is -0.489 e. The fourth-order valence-corrected chi connectivity index (χ4v) is 4.95.